The summed E-state index contributed by atoms with van der Waals surface area (Å²) in [7, 11) is 0. The van der Waals surface area contributed by atoms with Crippen LogP contribution in [0.4, 0.5) is 0 Å². The van der Waals surface area contributed by atoms with Crippen LogP contribution in [-0.4, -0.2) is 36.7 Å². The van der Waals surface area contributed by atoms with E-state index in [1.165, 1.54) is 0 Å². The summed E-state index contributed by atoms with van der Waals surface area (Å²) >= 11 is 0. The Morgan fingerprint density at radius 3 is 1.31 bits per heavy atom. The van der Waals surface area contributed by atoms with E-state index in [-0.39, 0.29) is 13.2 Å². The Bertz CT molecular complexity index is 784. The second kappa shape index (κ2) is 10.3. The summed E-state index contributed by atoms with van der Waals surface area (Å²) in [4.78, 5) is 51.5. The van der Waals surface area contributed by atoms with E-state index in [2.05, 4.69) is 0 Å². The van der Waals surface area contributed by atoms with Crippen molar-refractivity contribution in [1.29, 1.82) is 0 Å². The summed E-state index contributed by atoms with van der Waals surface area (Å²) < 4.78 is 10.2. The van der Waals surface area contributed by atoms with E-state index < -0.39 is 41.8 Å². The molecule has 0 N–H and O–H groups in total. The molecule has 0 saturated carbocycles. The molecule has 0 amide bonds. The second-order valence-corrected chi connectivity index (χ2v) is 6.46. The first-order valence-electron chi connectivity index (χ1n) is 9.45. The first kappa shape index (κ1) is 22.0. The highest BCUT2D eigenvalue weighted by atomic mass is 16.6. The van der Waals surface area contributed by atoms with Gasteiger partial charge in [-0.3, -0.25) is 19.2 Å². The lowest BCUT2D eigenvalue weighted by Gasteiger charge is -2.28. The van der Waals surface area contributed by atoms with Crippen LogP contribution >= 0.6 is 0 Å². The highest BCUT2D eigenvalue weighted by Gasteiger charge is 2.52. The maximum Gasteiger partial charge on any atom is 0.324 e. The van der Waals surface area contributed by atoms with Gasteiger partial charge < -0.3 is 9.47 Å². The standard InChI is InChI=1S/C23H24O6/c1-3-28-21(26)23(22(27)29-4-2,15-19(24)17-11-7-5-8-12-17)16-20(25)18-13-9-6-10-14-18/h5-14H,3-4,15-16H2,1-2H3. The minimum Gasteiger partial charge on any atom is -0.465 e. The lowest BCUT2D eigenvalue weighted by molar-refractivity contribution is -0.171. The fourth-order valence-electron chi connectivity index (χ4n) is 2.97. The van der Waals surface area contributed by atoms with Crippen molar-refractivity contribution in [2.45, 2.75) is 26.7 Å². The normalized spacial score (nSPS) is 10.8. The third-order valence-electron chi connectivity index (χ3n) is 4.45. The van der Waals surface area contributed by atoms with Crippen LogP contribution in [0.5, 0.6) is 0 Å². The topological polar surface area (TPSA) is 86.7 Å². The van der Waals surface area contributed by atoms with Gasteiger partial charge in [-0.25, -0.2) is 0 Å². The molecule has 0 aliphatic heterocycles. The van der Waals surface area contributed by atoms with Crippen LogP contribution in [0.3, 0.4) is 0 Å². The van der Waals surface area contributed by atoms with E-state index in [9.17, 15) is 19.2 Å². The van der Waals surface area contributed by atoms with Gasteiger partial charge in [-0.15, -0.1) is 0 Å². The molecule has 6 heteroatoms. The Labute approximate surface area is 169 Å². The zero-order valence-corrected chi connectivity index (χ0v) is 16.6. The van der Waals surface area contributed by atoms with Crippen LogP contribution in [0.15, 0.2) is 60.7 Å². The van der Waals surface area contributed by atoms with Crippen molar-refractivity contribution in [2.24, 2.45) is 5.41 Å². The van der Waals surface area contributed by atoms with Gasteiger partial charge in [-0.1, -0.05) is 60.7 Å². The lowest BCUT2D eigenvalue weighted by atomic mass is 9.76. The smallest absolute Gasteiger partial charge is 0.324 e. The summed E-state index contributed by atoms with van der Waals surface area (Å²) in [6, 6.07) is 16.6. The molecule has 2 rings (SSSR count). The van der Waals surface area contributed by atoms with Crippen LogP contribution in [0, 0.1) is 5.41 Å². The van der Waals surface area contributed by atoms with Crippen LogP contribution < -0.4 is 0 Å². The number of rotatable bonds is 10. The number of carbonyl (C=O) groups is 4. The average Bonchev–Trinajstić information content (AvgIpc) is 2.74. The van der Waals surface area contributed by atoms with Crippen molar-refractivity contribution < 1.29 is 28.7 Å². The fourth-order valence-corrected chi connectivity index (χ4v) is 2.97. The summed E-state index contributed by atoms with van der Waals surface area (Å²) in [6.45, 7) is 3.18. The summed E-state index contributed by atoms with van der Waals surface area (Å²) in [5.74, 6) is -2.78. The molecule has 0 fully saturated rings. The molecule has 0 spiro atoms. The molecule has 0 aromatic heterocycles. The van der Waals surface area contributed by atoms with E-state index in [4.69, 9.17) is 9.47 Å². The number of carbonyl (C=O) groups excluding carboxylic acids is 4. The monoisotopic (exact) mass is 396 g/mol. The Kier molecular flexibility index (Phi) is 7.83. The lowest BCUT2D eigenvalue weighted by Crippen LogP contribution is -2.45. The van der Waals surface area contributed by atoms with Gasteiger partial charge in [0.05, 0.1) is 13.2 Å². The van der Waals surface area contributed by atoms with Crippen molar-refractivity contribution in [3.8, 4) is 0 Å². The molecule has 0 aliphatic rings. The number of hydrogen-bond acceptors (Lipinski definition) is 6. The molecule has 6 nitrogen and oxygen atoms in total. The predicted molar refractivity (Wildman–Crippen MR) is 106 cm³/mol. The fraction of sp³-hybridized carbons (Fsp3) is 0.304. The van der Waals surface area contributed by atoms with E-state index in [1.54, 1.807) is 74.5 Å². The molecule has 0 aliphatic carbocycles. The molecule has 0 radical (unpaired) electrons. The van der Waals surface area contributed by atoms with Gasteiger partial charge in [0.15, 0.2) is 17.0 Å². The highest BCUT2D eigenvalue weighted by molar-refractivity contribution is 6.11. The molecule has 2 aromatic rings. The molecule has 0 atom stereocenters. The van der Waals surface area contributed by atoms with Crippen LogP contribution in [0.2, 0.25) is 0 Å². The van der Waals surface area contributed by atoms with E-state index in [1.807, 2.05) is 0 Å². The van der Waals surface area contributed by atoms with Crippen LogP contribution in [0.25, 0.3) is 0 Å². The minimum atomic E-state index is -2.05. The summed E-state index contributed by atoms with van der Waals surface area (Å²) in [5, 5.41) is 0. The van der Waals surface area contributed by atoms with Crippen LogP contribution in [0.1, 0.15) is 47.4 Å². The Morgan fingerprint density at radius 2 is 1.00 bits per heavy atom. The molecule has 0 saturated heterocycles. The van der Waals surface area contributed by atoms with Crippen LogP contribution in [-0.2, 0) is 19.1 Å². The summed E-state index contributed by atoms with van der Waals surface area (Å²) in [5.41, 5.74) is -1.39. The zero-order chi connectivity index (χ0) is 21.3. The van der Waals surface area contributed by atoms with Gasteiger partial charge in [0, 0.05) is 24.0 Å². The molecule has 29 heavy (non-hydrogen) atoms. The number of benzene rings is 2. The van der Waals surface area contributed by atoms with Crippen molar-refractivity contribution in [3.05, 3.63) is 71.8 Å². The largest absolute Gasteiger partial charge is 0.465 e. The van der Waals surface area contributed by atoms with Crippen molar-refractivity contribution in [3.63, 3.8) is 0 Å². The van der Waals surface area contributed by atoms with Crippen molar-refractivity contribution in [2.75, 3.05) is 13.2 Å². The highest BCUT2D eigenvalue weighted by Crippen LogP contribution is 2.34. The Balaban J connectivity index is 2.47. The van der Waals surface area contributed by atoms with Crippen molar-refractivity contribution >= 4 is 23.5 Å². The van der Waals surface area contributed by atoms with Gasteiger partial charge in [-0.05, 0) is 13.8 Å². The van der Waals surface area contributed by atoms with E-state index in [0.717, 1.165) is 0 Å². The maximum atomic E-state index is 12.9. The van der Waals surface area contributed by atoms with Gasteiger partial charge in [0.2, 0.25) is 0 Å². The second-order valence-electron chi connectivity index (χ2n) is 6.46. The molecule has 0 bridgehead atoms. The molecule has 152 valence electrons. The SMILES string of the molecule is CCOC(=O)C(CC(=O)c1ccccc1)(CC(=O)c1ccccc1)C(=O)OCC. The number of hydrogen-bond donors (Lipinski definition) is 0. The quantitative estimate of drug-likeness (QED) is 0.346. The zero-order valence-electron chi connectivity index (χ0n) is 16.6. The number of esters is 2. The average molecular weight is 396 g/mol. The van der Waals surface area contributed by atoms with Gasteiger partial charge >= 0.3 is 11.9 Å². The first-order chi connectivity index (χ1) is 13.9. The molecule has 0 heterocycles. The maximum absolute atomic E-state index is 12.9. The van der Waals surface area contributed by atoms with Crippen molar-refractivity contribution in [1.82, 2.24) is 0 Å². The number of ketones is 2. The van der Waals surface area contributed by atoms with Gasteiger partial charge in [0.25, 0.3) is 0 Å². The predicted octanol–water partition coefficient (Wildman–Crippen LogP) is 3.65. The van der Waals surface area contributed by atoms with Gasteiger partial charge in [0.1, 0.15) is 0 Å². The van der Waals surface area contributed by atoms with Gasteiger partial charge in [-0.2, -0.15) is 0 Å². The third-order valence-corrected chi connectivity index (χ3v) is 4.45. The molecular formula is C23H24O6. The third kappa shape index (κ3) is 5.38. The molecular weight excluding hydrogens is 372 g/mol. The minimum absolute atomic E-state index is 0.000949. The molecule has 2 aromatic carbocycles. The Morgan fingerprint density at radius 1 is 0.655 bits per heavy atom. The summed E-state index contributed by atoms with van der Waals surface area (Å²) in [6.07, 6.45) is -1.04. The number of ether oxygens (including phenoxy) is 2. The van der Waals surface area contributed by atoms with E-state index >= 15 is 0 Å². The number of Topliss-reactive ketones (excluding diaryl/α,β-unsaturated/α-hetero) is 2. The molecule has 0 unspecified atom stereocenters. The van der Waals surface area contributed by atoms with E-state index in [0.29, 0.717) is 11.1 Å². The Hall–Kier alpha value is -3.28. The first-order valence-corrected chi connectivity index (χ1v) is 9.45.